The van der Waals surface area contributed by atoms with Gasteiger partial charge in [-0.25, -0.2) is 0 Å². The Balaban J connectivity index is 1.13. The Morgan fingerprint density at radius 3 is 2.57 bits per heavy atom. The van der Waals surface area contributed by atoms with E-state index in [1.54, 1.807) is 6.07 Å². The minimum absolute atomic E-state index is 0.0323. The van der Waals surface area contributed by atoms with Gasteiger partial charge in [0.25, 0.3) is 0 Å². The number of amides is 1. The van der Waals surface area contributed by atoms with E-state index in [1.807, 2.05) is 24.3 Å². The molecule has 0 bridgehead atoms. The molecule has 7 rings (SSSR count). The number of nitrogens with one attached hydrogen (secondary N) is 1. The van der Waals surface area contributed by atoms with Gasteiger partial charge in [0.1, 0.15) is 5.69 Å². The normalized spacial score (nSPS) is 41.0. The Kier molecular flexibility index (Phi) is 7.07. The van der Waals surface area contributed by atoms with Crippen molar-refractivity contribution in [2.45, 2.75) is 98.5 Å². The molecule has 1 heterocycles. The Morgan fingerprint density at radius 1 is 1.02 bits per heavy atom. The summed E-state index contributed by atoms with van der Waals surface area (Å²) < 4.78 is 5.48. The summed E-state index contributed by atoms with van der Waals surface area (Å²) in [6, 6.07) is 9.15. The lowest BCUT2D eigenvalue weighted by Crippen LogP contribution is -2.68. The number of hydrogen-bond acceptors (Lipinski definition) is 5. The summed E-state index contributed by atoms with van der Waals surface area (Å²) in [5.74, 6) is 1.61. The van der Waals surface area contributed by atoms with Gasteiger partial charge < -0.3 is 9.63 Å². The number of allylic oxidation sites excluding steroid dienone is 2. The van der Waals surface area contributed by atoms with Crippen LogP contribution in [0.3, 0.4) is 0 Å². The predicted octanol–water partition coefficient (Wildman–Crippen LogP) is 8.49. The summed E-state index contributed by atoms with van der Waals surface area (Å²) in [7, 11) is 0. The third-order valence-electron chi connectivity index (χ3n) is 14.2. The van der Waals surface area contributed by atoms with Crippen LogP contribution in [0.1, 0.15) is 92.4 Å². The van der Waals surface area contributed by atoms with Crippen LogP contribution in [0.2, 0.25) is 5.02 Å². The number of halogens is 1. The van der Waals surface area contributed by atoms with Crippen LogP contribution >= 0.6 is 11.6 Å². The van der Waals surface area contributed by atoms with Crippen molar-refractivity contribution < 1.29 is 19.2 Å². The molecule has 44 heavy (non-hydrogen) atoms. The largest absolute Gasteiger partial charge is 0.393 e. The first kappa shape index (κ1) is 30.2. The molecule has 4 saturated carbocycles. The van der Waals surface area contributed by atoms with E-state index in [0.717, 1.165) is 56.9 Å². The van der Waals surface area contributed by atoms with E-state index < -0.39 is 0 Å². The fourth-order valence-electron chi connectivity index (χ4n) is 11.2. The standard InChI is InChI=1S/C37H47ClN2O4/c1-34(2)30(42)13-14-36(4)32-29(41)19-26-25-18-23(10-9-21(25)11-12-27(26)35(32,3)15-16-37(34,36)5)33(43)39-31-20-28(40-44-31)22-7-6-8-24(38)17-22/h6-8,17,19-21,23,25,27,30,32,42H,9-16,18H2,1-5H3,(H,39,43)/t21?,23?,25?,27?,30?,32?,35-,36+,37?/m0/s1. The molecule has 0 aliphatic heterocycles. The van der Waals surface area contributed by atoms with Crippen LogP contribution in [-0.2, 0) is 9.59 Å². The molecule has 5 aliphatic carbocycles. The number of aliphatic hydroxyl groups excluding tert-OH is 1. The molecule has 0 spiro atoms. The van der Waals surface area contributed by atoms with Gasteiger partial charge in [-0.1, -0.05) is 69.1 Å². The van der Waals surface area contributed by atoms with Crippen molar-refractivity contribution in [3.63, 3.8) is 0 Å². The van der Waals surface area contributed by atoms with Crippen molar-refractivity contribution in [1.82, 2.24) is 5.16 Å². The fourth-order valence-corrected chi connectivity index (χ4v) is 11.4. The molecular formula is C37H47ClN2O4. The number of fused-ring (bicyclic) bond motifs is 7. The third-order valence-corrected chi connectivity index (χ3v) is 14.4. The molecule has 1 aromatic heterocycles. The Bertz CT molecular complexity index is 1530. The number of nitrogens with zero attached hydrogens (tertiary/aromatic N) is 1. The maximum atomic E-state index is 14.4. The average molecular weight is 619 g/mol. The number of aromatic nitrogens is 1. The highest BCUT2D eigenvalue weighted by Gasteiger charge is 2.70. The molecule has 4 fully saturated rings. The van der Waals surface area contributed by atoms with E-state index in [2.05, 4.69) is 51.2 Å². The van der Waals surface area contributed by atoms with Gasteiger partial charge >= 0.3 is 0 Å². The third kappa shape index (κ3) is 4.26. The molecule has 1 aromatic carbocycles. The summed E-state index contributed by atoms with van der Waals surface area (Å²) >= 11 is 6.14. The Labute approximate surface area is 266 Å². The van der Waals surface area contributed by atoms with E-state index in [-0.39, 0.29) is 51.4 Å². The van der Waals surface area contributed by atoms with Gasteiger partial charge in [0.2, 0.25) is 11.8 Å². The summed E-state index contributed by atoms with van der Waals surface area (Å²) in [6.45, 7) is 11.6. The second kappa shape index (κ2) is 10.3. The number of aliphatic hydroxyl groups is 1. The minimum atomic E-state index is -0.337. The fraction of sp³-hybridized carbons (Fsp3) is 0.649. The predicted molar refractivity (Wildman–Crippen MR) is 172 cm³/mol. The molecule has 0 saturated heterocycles. The van der Waals surface area contributed by atoms with Crippen molar-refractivity contribution in [2.75, 3.05) is 5.32 Å². The van der Waals surface area contributed by atoms with Gasteiger partial charge in [-0.15, -0.1) is 0 Å². The van der Waals surface area contributed by atoms with E-state index in [9.17, 15) is 14.7 Å². The molecule has 236 valence electrons. The number of carbonyl (C=O) groups is 2. The second-order valence-electron chi connectivity index (χ2n) is 16.1. The zero-order chi connectivity index (χ0) is 31.2. The number of rotatable bonds is 3. The van der Waals surface area contributed by atoms with Crippen LogP contribution in [0, 0.1) is 51.2 Å². The molecule has 7 heteroatoms. The molecular weight excluding hydrogens is 572 g/mol. The summed E-state index contributed by atoms with van der Waals surface area (Å²) in [6.07, 6.45) is 10.3. The Morgan fingerprint density at radius 2 is 1.80 bits per heavy atom. The van der Waals surface area contributed by atoms with Gasteiger partial charge in [-0.05, 0) is 115 Å². The lowest BCUT2D eigenvalue weighted by Gasteiger charge is -2.71. The van der Waals surface area contributed by atoms with Crippen LogP contribution in [0.4, 0.5) is 5.88 Å². The first-order valence-electron chi connectivity index (χ1n) is 16.8. The lowest BCUT2D eigenvalue weighted by molar-refractivity contribution is -0.232. The molecule has 2 aromatic rings. The molecule has 0 radical (unpaired) electrons. The lowest BCUT2D eigenvalue weighted by atomic mass is 9.33. The van der Waals surface area contributed by atoms with Crippen molar-refractivity contribution in [2.24, 2.45) is 51.2 Å². The molecule has 2 N–H and O–H groups in total. The zero-order valence-electron chi connectivity index (χ0n) is 26.8. The van der Waals surface area contributed by atoms with E-state index in [4.69, 9.17) is 16.1 Å². The topological polar surface area (TPSA) is 92.4 Å². The highest BCUT2D eigenvalue weighted by Crippen LogP contribution is 2.74. The van der Waals surface area contributed by atoms with Crippen molar-refractivity contribution >= 4 is 29.2 Å². The van der Waals surface area contributed by atoms with Gasteiger partial charge in [0, 0.05) is 28.5 Å². The summed E-state index contributed by atoms with van der Waals surface area (Å²) in [4.78, 5) is 28.0. The van der Waals surface area contributed by atoms with Crippen molar-refractivity contribution in [1.29, 1.82) is 0 Å². The number of benzene rings is 1. The number of ketones is 1. The highest BCUT2D eigenvalue weighted by molar-refractivity contribution is 6.30. The quantitative estimate of drug-likeness (QED) is 0.360. The second-order valence-corrected chi connectivity index (χ2v) is 16.5. The number of carbonyl (C=O) groups excluding carboxylic acids is 2. The molecule has 1 amide bonds. The smallest absolute Gasteiger partial charge is 0.231 e. The monoisotopic (exact) mass is 618 g/mol. The average Bonchev–Trinajstić information content (AvgIpc) is 3.45. The van der Waals surface area contributed by atoms with Gasteiger partial charge in [0.15, 0.2) is 5.78 Å². The molecule has 5 aliphatic rings. The van der Waals surface area contributed by atoms with Crippen molar-refractivity contribution in [3.05, 3.63) is 47.0 Å². The van der Waals surface area contributed by atoms with Gasteiger partial charge in [0.05, 0.1) is 6.10 Å². The van der Waals surface area contributed by atoms with Crippen LogP contribution in [-0.4, -0.2) is 28.1 Å². The van der Waals surface area contributed by atoms with Crippen molar-refractivity contribution in [3.8, 4) is 11.3 Å². The summed E-state index contributed by atoms with van der Waals surface area (Å²) in [5, 5.41) is 18.8. The maximum absolute atomic E-state index is 14.4. The van der Waals surface area contributed by atoms with Gasteiger partial charge in [-0.2, -0.15) is 0 Å². The van der Waals surface area contributed by atoms with E-state index >= 15 is 0 Å². The van der Waals surface area contributed by atoms with Crippen LogP contribution in [0.15, 0.2) is 46.5 Å². The number of hydrogen-bond donors (Lipinski definition) is 2. The van der Waals surface area contributed by atoms with Gasteiger partial charge in [-0.3, -0.25) is 14.9 Å². The van der Waals surface area contributed by atoms with E-state index in [0.29, 0.717) is 34.2 Å². The summed E-state index contributed by atoms with van der Waals surface area (Å²) in [5.41, 5.74) is 2.18. The highest BCUT2D eigenvalue weighted by atomic mass is 35.5. The Hall–Kier alpha value is -2.44. The molecule has 9 atom stereocenters. The van der Waals surface area contributed by atoms with E-state index in [1.165, 1.54) is 12.0 Å². The first-order chi connectivity index (χ1) is 20.8. The van der Waals surface area contributed by atoms with Crippen LogP contribution < -0.4 is 5.32 Å². The molecule has 6 nitrogen and oxygen atoms in total. The minimum Gasteiger partial charge on any atom is -0.393 e. The molecule has 7 unspecified atom stereocenters. The zero-order valence-corrected chi connectivity index (χ0v) is 27.5. The number of anilines is 1. The van der Waals surface area contributed by atoms with Crippen LogP contribution in [0.5, 0.6) is 0 Å². The maximum Gasteiger partial charge on any atom is 0.231 e. The van der Waals surface area contributed by atoms with Crippen LogP contribution in [0.25, 0.3) is 11.3 Å². The first-order valence-corrected chi connectivity index (χ1v) is 17.1. The SMILES string of the molecule is CC1(C)C(O)CC[C@]2(C)C3C(=O)C=C4C5CC(C(=O)Nc6cc(-c7cccc(Cl)c7)no6)CCC5CCC4[C@]3(C)CCC12C.